The summed E-state index contributed by atoms with van der Waals surface area (Å²) in [6, 6.07) is -3.55. The Bertz CT molecular complexity index is 747. The second kappa shape index (κ2) is 9.45. The van der Waals surface area contributed by atoms with Gasteiger partial charge in [-0.3, -0.25) is 9.59 Å². The molecule has 2 aromatic heterocycles. The number of aliphatic hydroxyl groups excluding tert-OH is 1. The standard InChI is InChI=1S/C15H21N7O5/c16-10(1-8-3-17-6-19-8)13(24)21-11(2-9-4-18-7-20-9)14(25)22-12(5-23)15(26)27/h3-4,6-7,10-12,23H,1-2,5,16H2,(H,17,19)(H,18,20)(H,21,24)(H,22,25)(H,26,27)/t10-,11-,12-/m0/s1. The van der Waals surface area contributed by atoms with E-state index in [1.54, 1.807) is 0 Å². The summed E-state index contributed by atoms with van der Waals surface area (Å²) in [5.74, 6) is -2.76. The van der Waals surface area contributed by atoms with Gasteiger partial charge in [-0.15, -0.1) is 0 Å². The molecule has 0 aliphatic rings. The average molecular weight is 379 g/mol. The third kappa shape index (κ3) is 5.90. The van der Waals surface area contributed by atoms with Gasteiger partial charge in [0, 0.05) is 36.6 Å². The van der Waals surface area contributed by atoms with E-state index in [0.717, 1.165) is 0 Å². The van der Waals surface area contributed by atoms with Crippen LogP contribution in [0.25, 0.3) is 0 Å². The van der Waals surface area contributed by atoms with E-state index in [-0.39, 0.29) is 12.8 Å². The summed E-state index contributed by atoms with van der Waals surface area (Å²) in [5.41, 5.74) is 7.06. The lowest BCUT2D eigenvalue weighted by Crippen LogP contribution is -2.56. The molecule has 0 spiro atoms. The number of carboxylic acid groups (broad SMARTS) is 1. The topological polar surface area (TPSA) is 199 Å². The summed E-state index contributed by atoms with van der Waals surface area (Å²) in [5, 5.41) is 22.7. The van der Waals surface area contributed by atoms with Crippen molar-refractivity contribution in [1.29, 1.82) is 0 Å². The van der Waals surface area contributed by atoms with Crippen LogP contribution in [0.15, 0.2) is 25.0 Å². The van der Waals surface area contributed by atoms with Gasteiger partial charge in [0.05, 0.1) is 25.3 Å². The Labute approximate surface area is 153 Å². The zero-order chi connectivity index (χ0) is 19.8. The molecule has 2 rings (SSSR count). The van der Waals surface area contributed by atoms with Crippen LogP contribution in [0.2, 0.25) is 0 Å². The van der Waals surface area contributed by atoms with Crippen molar-refractivity contribution in [3.63, 3.8) is 0 Å². The first-order valence-corrected chi connectivity index (χ1v) is 8.05. The minimum Gasteiger partial charge on any atom is -0.480 e. The van der Waals surface area contributed by atoms with Crippen molar-refractivity contribution in [1.82, 2.24) is 30.6 Å². The molecule has 0 saturated carbocycles. The molecule has 146 valence electrons. The predicted molar refractivity (Wildman–Crippen MR) is 91.1 cm³/mol. The van der Waals surface area contributed by atoms with Crippen molar-refractivity contribution in [2.24, 2.45) is 5.73 Å². The fourth-order valence-electron chi connectivity index (χ4n) is 2.29. The van der Waals surface area contributed by atoms with E-state index in [1.807, 2.05) is 0 Å². The molecule has 0 aliphatic heterocycles. The maximum Gasteiger partial charge on any atom is 0.328 e. The van der Waals surface area contributed by atoms with Crippen molar-refractivity contribution < 1.29 is 24.6 Å². The Balaban J connectivity index is 2.05. The Morgan fingerprint density at radius 2 is 1.56 bits per heavy atom. The number of nitrogens with one attached hydrogen (secondary N) is 4. The van der Waals surface area contributed by atoms with Gasteiger partial charge >= 0.3 is 5.97 Å². The van der Waals surface area contributed by atoms with E-state index < -0.39 is 42.5 Å². The third-order valence-corrected chi connectivity index (χ3v) is 3.74. The number of carbonyl (C=O) groups is 3. The molecule has 8 N–H and O–H groups in total. The summed E-state index contributed by atoms with van der Waals surface area (Å²) in [7, 11) is 0. The summed E-state index contributed by atoms with van der Waals surface area (Å²) < 4.78 is 0. The molecule has 2 heterocycles. The number of nitrogens with two attached hydrogens (primary N) is 1. The van der Waals surface area contributed by atoms with Crippen LogP contribution >= 0.6 is 0 Å². The number of carboxylic acids is 1. The van der Waals surface area contributed by atoms with Crippen LogP contribution in [0.5, 0.6) is 0 Å². The highest BCUT2D eigenvalue weighted by atomic mass is 16.4. The lowest BCUT2D eigenvalue weighted by atomic mass is 10.1. The summed E-state index contributed by atoms with van der Waals surface area (Å²) in [4.78, 5) is 49.1. The first-order chi connectivity index (χ1) is 12.9. The molecule has 2 amide bonds. The molecule has 12 nitrogen and oxygen atoms in total. The van der Waals surface area contributed by atoms with Crippen LogP contribution in [0.4, 0.5) is 0 Å². The van der Waals surface area contributed by atoms with Crippen molar-refractivity contribution in [3.05, 3.63) is 36.4 Å². The van der Waals surface area contributed by atoms with Crippen LogP contribution in [-0.2, 0) is 27.2 Å². The van der Waals surface area contributed by atoms with Gasteiger partial charge in [-0.2, -0.15) is 0 Å². The number of nitrogens with zero attached hydrogens (tertiary/aromatic N) is 2. The zero-order valence-corrected chi connectivity index (χ0v) is 14.3. The van der Waals surface area contributed by atoms with Crippen LogP contribution in [-0.4, -0.2) is 72.7 Å². The minimum absolute atomic E-state index is 0.0338. The molecule has 0 aliphatic carbocycles. The Hall–Kier alpha value is -3.25. The number of aromatic amines is 2. The van der Waals surface area contributed by atoms with E-state index in [4.69, 9.17) is 15.9 Å². The van der Waals surface area contributed by atoms with Crippen molar-refractivity contribution >= 4 is 17.8 Å². The number of hydrogen-bond donors (Lipinski definition) is 7. The number of hydrogen-bond acceptors (Lipinski definition) is 7. The molecule has 0 saturated heterocycles. The van der Waals surface area contributed by atoms with Gasteiger partial charge < -0.3 is 36.5 Å². The van der Waals surface area contributed by atoms with Gasteiger partial charge in [0.25, 0.3) is 0 Å². The number of aromatic nitrogens is 4. The van der Waals surface area contributed by atoms with Crippen molar-refractivity contribution in [3.8, 4) is 0 Å². The maximum atomic E-state index is 12.4. The number of imidazole rings is 2. The molecular formula is C15H21N7O5. The summed E-state index contributed by atoms with van der Waals surface area (Å²) >= 11 is 0. The number of aliphatic hydroxyl groups is 1. The van der Waals surface area contributed by atoms with Crippen molar-refractivity contribution in [2.45, 2.75) is 31.0 Å². The Kier molecular flexibility index (Phi) is 7.02. The Morgan fingerprint density at radius 1 is 1.00 bits per heavy atom. The van der Waals surface area contributed by atoms with Gasteiger partial charge in [0.2, 0.25) is 11.8 Å². The predicted octanol–water partition coefficient (Wildman–Crippen LogP) is -2.71. The number of H-pyrrole nitrogens is 2. The van der Waals surface area contributed by atoms with E-state index >= 15 is 0 Å². The maximum absolute atomic E-state index is 12.4. The van der Waals surface area contributed by atoms with E-state index in [0.29, 0.717) is 11.4 Å². The lowest BCUT2D eigenvalue weighted by molar-refractivity contribution is -0.143. The second-order valence-corrected chi connectivity index (χ2v) is 5.81. The average Bonchev–Trinajstić information content (AvgIpc) is 3.32. The summed E-state index contributed by atoms with van der Waals surface area (Å²) in [6.45, 7) is -0.787. The normalized spacial score (nSPS) is 14.1. The number of carbonyl (C=O) groups excluding carboxylic acids is 2. The molecule has 0 bridgehead atoms. The lowest BCUT2D eigenvalue weighted by Gasteiger charge is -2.22. The fraction of sp³-hybridized carbons (Fsp3) is 0.400. The third-order valence-electron chi connectivity index (χ3n) is 3.74. The molecule has 2 aromatic rings. The molecule has 3 atom stereocenters. The molecule has 0 fully saturated rings. The quantitative estimate of drug-likeness (QED) is 0.231. The summed E-state index contributed by atoms with van der Waals surface area (Å²) in [6.07, 6.45) is 6.07. The molecule has 27 heavy (non-hydrogen) atoms. The minimum atomic E-state index is -1.49. The highest BCUT2D eigenvalue weighted by Gasteiger charge is 2.28. The van der Waals surface area contributed by atoms with E-state index in [9.17, 15) is 14.4 Å². The molecular weight excluding hydrogens is 358 g/mol. The van der Waals surface area contributed by atoms with Crippen LogP contribution < -0.4 is 16.4 Å². The van der Waals surface area contributed by atoms with Gasteiger partial charge in [-0.05, 0) is 0 Å². The first-order valence-electron chi connectivity index (χ1n) is 8.05. The number of aliphatic carboxylic acids is 1. The second-order valence-electron chi connectivity index (χ2n) is 5.81. The van der Waals surface area contributed by atoms with Gasteiger partial charge in [-0.25, -0.2) is 14.8 Å². The molecule has 0 radical (unpaired) electrons. The van der Waals surface area contributed by atoms with Crippen molar-refractivity contribution in [2.75, 3.05) is 6.61 Å². The number of rotatable bonds is 10. The smallest absolute Gasteiger partial charge is 0.328 e. The Morgan fingerprint density at radius 3 is 2.04 bits per heavy atom. The monoisotopic (exact) mass is 379 g/mol. The number of amides is 2. The van der Waals surface area contributed by atoms with Gasteiger partial charge in [0.1, 0.15) is 12.1 Å². The first kappa shape index (κ1) is 20.1. The fourth-order valence-corrected chi connectivity index (χ4v) is 2.29. The van der Waals surface area contributed by atoms with Crippen LogP contribution in [0, 0.1) is 0 Å². The largest absolute Gasteiger partial charge is 0.480 e. The molecule has 12 heteroatoms. The molecule has 0 unspecified atom stereocenters. The SMILES string of the molecule is N[C@@H](Cc1cnc[nH]1)C(=O)N[C@@H](Cc1cnc[nH]1)C(=O)N[C@@H](CO)C(=O)O. The van der Waals surface area contributed by atoms with Crippen LogP contribution in [0.1, 0.15) is 11.4 Å². The van der Waals surface area contributed by atoms with Gasteiger partial charge in [-0.1, -0.05) is 0 Å². The van der Waals surface area contributed by atoms with Gasteiger partial charge in [0.15, 0.2) is 0 Å². The van der Waals surface area contributed by atoms with E-state index in [1.165, 1.54) is 25.0 Å². The molecule has 0 aromatic carbocycles. The highest BCUT2D eigenvalue weighted by molar-refractivity contribution is 5.92. The zero-order valence-electron chi connectivity index (χ0n) is 14.3. The highest BCUT2D eigenvalue weighted by Crippen LogP contribution is 2.02. The van der Waals surface area contributed by atoms with E-state index in [2.05, 4.69) is 30.6 Å². The van der Waals surface area contributed by atoms with Crippen LogP contribution in [0.3, 0.4) is 0 Å².